The Morgan fingerprint density at radius 3 is 3.00 bits per heavy atom. The van der Waals surface area contributed by atoms with Crippen LogP contribution in [-0.4, -0.2) is 17.9 Å². The van der Waals surface area contributed by atoms with Gasteiger partial charge in [0, 0.05) is 25.9 Å². The minimum Gasteiger partial charge on any atom is -0.359 e. The molecule has 0 aliphatic rings. The predicted molar refractivity (Wildman–Crippen MR) is 55.9 cm³/mol. The lowest BCUT2D eigenvalue weighted by Gasteiger charge is -2.00. The lowest BCUT2D eigenvalue weighted by molar-refractivity contribution is -0.120. The zero-order valence-corrected chi connectivity index (χ0v) is 8.49. The molecule has 76 valence electrons. The Hall–Kier alpha value is -1.38. The van der Waals surface area contributed by atoms with Gasteiger partial charge in [0.1, 0.15) is 0 Å². The van der Waals surface area contributed by atoms with Gasteiger partial charge in [-0.1, -0.05) is 6.07 Å². The van der Waals surface area contributed by atoms with Gasteiger partial charge >= 0.3 is 0 Å². The summed E-state index contributed by atoms with van der Waals surface area (Å²) in [6, 6.07) is 4.00. The third kappa shape index (κ3) is 4.03. The van der Waals surface area contributed by atoms with Gasteiger partial charge in [-0.25, -0.2) is 0 Å². The fraction of sp³-hybridized carbons (Fsp3) is 0.455. The van der Waals surface area contributed by atoms with Crippen molar-refractivity contribution >= 4 is 5.91 Å². The van der Waals surface area contributed by atoms with Crippen LogP contribution >= 0.6 is 0 Å². The number of hydrogen-bond donors (Lipinski definition) is 1. The maximum absolute atomic E-state index is 10.9. The maximum atomic E-state index is 10.9. The van der Waals surface area contributed by atoms with Crippen molar-refractivity contribution in [2.45, 2.75) is 25.7 Å². The first-order valence-electron chi connectivity index (χ1n) is 4.92. The molecule has 0 fully saturated rings. The molecule has 0 radical (unpaired) electrons. The minimum absolute atomic E-state index is 0.121. The molecule has 1 heterocycles. The van der Waals surface area contributed by atoms with E-state index in [-0.39, 0.29) is 5.91 Å². The molecular weight excluding hydrogens is 176 g/mol. The Labute approximate surface area is 84.6 Å². The second-order valence-electron chi connectivity index (χ2n) is 3.24. The van der Waals surface area contributed by atoms with Gasteiger partial charge in [-0.15, -0.1) is 0 Å². The first kappa shape index (κ1) is 10.7. The molecule has 0 saturated heterocycles. The monoisotopic (exact) mass is 192 g/mol. The van der Waals surface area contributed by atoms with Crippen LogP contribution in [0.1, 0.15) is 24.8 Å². The molecule has 0 spiro atoms. The van der Waals surface area contributed by atoms with Crippen molar-refractivity contribution in [2.24, 2.45) is 0 Å². The first-order valence-corrected chi connectivity index (χ1v) is 4.92. The molecule has 0 bridgehead atoms. The summed E-state index contributed by atoms with van der Waals surface area (Å²) >= 11 is 0. The summed E-state index contributed by atoms with van der Waals surface area (Å²) in [7, 11) is 1.67. The summed E-state index contributed by atoms with van der Waals surface area (Å²) in [6.07, 6.45) is 7.25. The van der Waals surface area contributed by atoms with Crippen LogP contribution in [0, 0.1) is 0 Å². The lowest BCUT2D eigenvalue weighted by Crippen LogP contribution is -2.16. The van der Waals surface area contributed by atoms with Gasteiger partial charge < -0.3 is 5.32 Å². The largest absolute Gasteiger partial charge is 0.359 e. The van der Waals surface area contributed by atoms with Crippen LogP contribution in [-0.2, 0) is 11.2 Å². The summed E-state index contributed by atoms with van der Waals surface area (Å²) < 4.78 is 0. The molecule has 1 aromatic rings. The number of rotatable bonds is 5. The van der Waals surface area contributed by atoms with Crippen LogP contribution in [0.25, 0.3) is 0 Å². The molecule has 14 heavy (non-hydrogen) atoms. The molecule has 1 rings (SSSR count). The quantitative estimate of drug-likeness (QED) is 0.719. The first-order chi connectivity index (χ1) is 6.83. The maximum Gasteiger partial charge on any atom is 0.219 e. The van der Waals surface area contributed by atoms with Crippen LogP contribution in [0.3, 0.4) is 0 Å². The second-order valence-corrected chi connectivity index (χ2v) is 3.24. The Bertz CT molecular complexity index is 272. The van der Waals surface area contributed by atoms with Gasteiger partial charge in [0.2, 0.25) is 5.91 Å². The third-order valence-corrected chi connectivity index (χ3v) is 2.12. The number of aryl methyl sites for hydroxylation is 1. The van der Waals surface area contributed by atoms with Crippen LogP contribution in [0.2, 0.25) is 0 Å². The number of pyridine rings is 1. The highest BCUT2D eigenvalue weighted by Gasteiger charge is 1.97. The molecule has 1 N–H and O–H groups in total. The van der Waals surface area contributed by atoms with Crippen molar-refractivity contribution in [1.82, 2.24) is 10.3 Å². The molecule has 0 unspecified atom stereocenters. The molecule has 1 amide bonds. The number of nitrogens with one attached hydrogen (secondary N) is 1. The Kier molecular flexibility index (Phi) is 4.69. The molecule has 3 heteroatoms. The number of hydrogen-bond acceptors (Lipinski definition) is 2. The van der Waals surface area contributed by atoms with Crippen molar-refractivity contribution < 1.29 is 4.79 Å². The van der Waals surface area contributed by atoms with Crippen molar-refractivity contribution in [3.05, 3.63) is 30.1 Å². The summed E-state index contributed by atoms with van der Waals surface area (Å²) in [5.41, 5.74) is 1.24. The average molecular weight is 192 g/mol. The number of amides is 1. The van der Waals surface area contributed by atoms with Gasteiger partial charge in [-0.05, 0) is 30.9 Å². The summed E-state index contributed by atoms with van der Waals surface area (Å²) in [5.74, 6) is 0.121. The predicted octanol–water partition coefficient (Wildman–Crippen LogP) is 1.54. The number of carbonyl (C=O) groups excluding carboxylic acids is 1. The third-order valence-electron chi connectivity index (χ3n) is 2.12. The Morgan fingerprint density at radius 2 is 2.36 bits per heavy atom. The number of carbonyl (C=O) groups is 1. The van der Waals surface area contributed by atoms with E-state index < -0.39 is 0 Å². The van der Waals surface area contributed by atoms with E-state index in [2.05, 4.69) is 16.4 Å². The molecule has 3 nitrogen and oxygen atoms in total. The molecular formula is C11H16N2O. The van der Waals surface area contributed by atoms with Crippen molar-refractivity contribution in [3.8, 4) is 0 Å². The van der Waals surface area contributed by atoms with E-state index >= 15 is 0 Å². The van der Waals surface area contributed by atoms with Crippen molar-refractivity contribution in [1.29, 1.82) is 0 Å². The van der Waals surface area contributed by atoms with E-state index in [9.17, 15) is 4.79 Å². The van der Waals surface area contributed by atoms with E-state index in [1.165, 1.54) is 5.56 Å². The van der Waals surface area contributed by atoms with Crippen LogP contribution < -0.4 is 5.32 Å². The highest BCUT2D eigenvalue weighted by atomic mass is 16.1. The summed E-state index contributed by atoms with van der Waals surface area (Å²) in [4.78, 5) is 14.9. The van der Waals surface area contributed by atoms with Gasteiger partial charge in [0.05, 0.1) is 0 Å². The second kappa shape index (κ2) is 6.13. The lowest BCUT2D eigenvalue weighted by atomic mass is 10.1. The van der Waals surface area contributed by atoms with E-state index in [4.69, 9.17) is 0 Å². The van der Waals surface area contributed by atoms with E-state index in [1.54, 1.807) is 13.2 Å². The molecule has 0 aromatic carbocycles. The fourth-order valence-corrected chi connectivity index (χ4v) is 1.29. The zero-order chi connectivity index (χ0) is 10.2. The van der Waals surface area contributed by atoms with Gasteiger partial charge in [0.15, 0.2) is 0 Å². The molecule has 0 aliphatic heterocycles. The topological polar surface area (TPSA) is 42.0 Å². The van der Waals surface area contributed by atoms with E-state index in [1.807, 2.05) is 12.3 Å². The summed E-state index contributed by atoms with van der Waals surface area (Å²) in [5, 5.41) is 2.61. The average Bonchev–Trinajstić information content (AvgIpc) is 2.25. The van der Waals surface area contributed by atoms with Gasteiger partial charge in [0.25, 0.3) is 0 Å². The van der Waals surface area contributed by atoms with Crippen molar-refractivity contribution in [3.63, 3.8) is 0 Å². The number of nitrogens with zero attached hydrogens (tertiary/aromatic N) is 1. The fourth-order valence-electron chi connectivity index (χ4n) is 1.29. The van der Waals surface area contributed by atoms with Crippen LogP contribution in [0.4, 0.5) is 0 Å². The molecule has 0 aliphatic carbocycles. The number of unbranched alkanes of at least 4 members (excludes halogenated alkanes) is 1. The smallest absolute Gasteiger partial charge is 0.219 e. The highest BCUT2D eigenvalue weighted by Crippen LogP contribution is 2.04. The van der Waals surface area contributed by atoms with Crippen molar-refractivity contribution in [2.75, 3.05) is 7.05 Å². The number of aromatic nitrogens is 1. The molecule has 1 aromatic heterocycles. The van der Waals surface area contributed by atoms with Crippen LogP contribution in [0.5, 0.6) is 0 Å². The van der Waals surface area contributed by atoms with Gasteiger partial charge in [-0.2, -0.15) is 0 Å². The van der Waals surface area contributed by atoms with Crippen LogP contribution in [0.15, 0.2) is 24.5 Å². The van der Waals surface area contributed by atoms with Gasteiger partial charge in [-0.3, -0.25) is 9.78 Å². The normalized spacial score (nSPS) is 9.79. The standard InChI is InChI=1S/C11H16N2O/c1-12-11(14)7-3-2-5-10-6-4-8-13-9-10/h4,6,8-9H,2-3,5,7H2,1H3,(H,12,14). The molecule has 0 atom stereocenters. The zero-order valence-electron chi connectivity index (χ0n) is 8.49. The Balaban J connectivity index is 2.13. The van der Waals surface area contributed by atoms with E-state index in [0.717, 1.165) is 19.3 Å². The minimum atomic E-state index is 0.121. The highest BCUT2D eigenvalue weighted by molar-refractivity contribution is 5.75. The SMILES string of the molecule is CNC(=O)CCCCc1cccnc1. The summed E-state index contributed by atoms with van der Waals surface area (Å²) in [6.45, 7) is 0. The van der Waals surface area contributed by atoms with E-state index in [0.29, 0.717) is 6.42 Å². The Morgan fingerprint density at radius 1 is 1.50 bits per heavy atom. The molecule has 0 saturated carbocycles.